The number of ether oxygens (including phenoxy) is 1. The van der Waals surface area contributed by atoms with Crippen molar-refractivity contribution in [3.8, 4) is 0 Å². The second-order valence-electron chi connectivity index (χ2n) is 4.77. The maximum Gasteiger partial charge on any atom is 0.0477 e. The van der Waals surface area contributed by atoms with Crippen LogP contribution in [0.1, 0.15) is 29.2 Å². The van der Waals surface area contributed by atoms with Crippen molar-refractivity contribution in [2.45, 2.75) is 25.9 Å². The van der Waals surface area contributed by atoms with E-state index in [2.05, 4.69) is 30.0 Å². The summed E-state index contributed by atoms with van der Waals surface area (Å²) in [4.78, 5) is 2.46. The smallest absolute Gasteiger partial charge is 0.0477 e. The molecule has 0 aromatic heterocycles. The number of fused-ring (bicyclic) bond motifs is 1. The van der Waals surface area contributed by atoms with Crippen LogP contribution >= 0.6 is 0 Å². The third-order valence-electron chi connectivity index (χ3n) is 3.49. The van der Waals surface area contributed by atoms with Gasteiger partial charge in [0.25, 0.3) is 0 Å². The summed E-state index contributed by atoms with van der Waals surface area (Å²) in [6.45, 7) is 5.75. The molecule has 1 aliphatic heterocycles. The van der Waals surface area contributed by atoms with Crippen LogP contribution in [0.4, 0.5) is 0 Å². The van der Waals surface area contributed by atoms with Gasteiger partial charge in [0.05, 0.1) is 0 Å². The standard InChI is InChI=1S/C14H22N2O/c1-11-4-5-12-10-16(6-3-7-17-2)14(9-15)13(12)8-11/h4-5,8,14H,3,6-7,9-10,15H2,1-2H3. The Bertz CT molecular complexity index is 378. The number of benzene rings is 1. The molecule has 1 aliphatic rings. The minimum atomic E-state index is 0.391. The van der Waals surface area contributed by atoms with Crippen molar-refractivity contribution in [1.29, 1.82) is 0 Å². The quantitative estimate of drug-likeness (QED) is 0.790. The summed E-state index contributed by atoms with van der Waals surface area (Å²) in [6.07, 6.45) is 1.07. The van der Waals surface area contributed by atoms with Crippen LogP contribution in [0.15, 0.2) is 18.2 Å². The molecule has 1 heterocycles. The van der Waals surface area contributed by atoms with E-state index in [0.717, 1.165) is 26.1 Å². The Kier molecular flexibility index (Phi) is 4.15. The molecule has 0 radical (unpaired) electrons. The normalized spacial score (nSPS) is 19.6. The molecular weight excluding hydrogens is 212 g/mol. The van der Waals surface area contributed by atoms with Gasteiger partial charge >= 0.3 is 0 Å². The van der Waals surface area contributed by atoms with Gasteiger partial charge in [0.1, 0.15) is 0 Å². The predicted octanol–water partition coefficient (Wildman–Crippen LogP) is 1.85. The van der Waals surface area contributed by atoms with Gasteiger partial charge in [-0.05, 0) is 24.5 Å². The van der Waals surface area contributed by atoms with E-state index < -0.39 is 0 Å². The lowest BCUT2D eigenvalue weighted by Gasteiger charge is -2.23. The van der Waals surface area contributed by atoms with Crippen LogP contribution in [0, 0.1) is 6.92 Å². The molecule has 0 amide bonds. The molecule has 0 spiro atoms. The summed E-state index contributed by atoms with van der Waals surface area (Å²) in [7, 11) is 1.75. The van der Waals surface area contributed by atoms with Crippen molar-refractivity contribution < 1.29 is 4.74 Å². The Morgan fingerprint density at radius 3 is 3.00 bits per heavy atom. The lowest BCUT2D eigenvalue weighted by Crippen LogP contribution is -2.29. The second kappa shape index (κ2) is 5.63. The molecule has 2 N–H and O–H groups in total. The summed E-state index contributed by atoms with van der Waals surface area (Å²) >= 11 is 0. The summed E-state index contributed by atoms with van der Waals surface area (Å²) in [5.41, 5.74) is 10.1. The fourth-order valence-corrected chi connectivity index (χ4v) is 2.62. The Balaban J connectivity index is 2.08. The zero-order valence-corrected chi connectivity index (χ0v) is 10.8. The van der Waals surface area contributed by atoms with Crippen LogP contribution in [0.25, 0.3) is 0 Å². The average Bonchev–Trinajstić information content (AvgIpc) is 2.66. The maximum atomic E-state index is 5.92. The molecule has 3 heteroatoms. The van der Waals surface area contributed by atoms with Crippen LogP contribution in [0.2, 0.25) is 0 Å². The second-order valence-corrected chi connectivity index (χ2v) is 4.77. The van der Waals surface area contributed by atoms with Crippen molar-refractivity contribution in [2.24, 2.45) is 5.73 Å². The van der Waals surface area contributed by atoms with Gasteiger partial charge < -0.3 is 10.5 Å². The van der Waals surface area contributed by atoms with Crippen molar-refractivity contribution in [3.05, 3.63) is 34.9 Å². The Labute approximate surface area is 104 Å². The Morgan fingerprint density at radius 1 is 1.47 bits per heavy atom. The maximum absolute atomic E-state index is 5.92. The van der Waals surface area contributed by atoms with Crippen LogP contribution in [-0.2, 0) is 11.3 Å². The van der Waals surface area contributed by atoms with Gasteiger partial charge in [0.2, 0.25) is 0 Å². The number of hydrogen-bond acceptors (Lipinski definition) is 3. The monoisotopic (exact) mass is 234 g/mol. The largest absolute Gasteiger partial charge is 0.385 e. The van der Waals surface area contributed by atoms with Crippen LogP contribution in [0.3, 0.4) is 0 Å². The lowest BCUT2D eigenvalue weighted by molar-refractivity contribution is 0.156. The van der Waals surface area contributed by atoms with Gasteiger partial charge in [-0.15, -0.1) is 0 Å². The van der Waals surface area contributed by atoms with E-state index in [9.17, 15) is 0 Å². The van der Waals surface area contributed by atoms with Crippen molar-refractivity contribution in [2.75, 3.05) is 26.8 Å². The third-order valence-corrected chi connectivity index (χ3v) is 3.49. The highest BCUT2D eigenvalue weighted by atomic mass is 16.5. The van der Waals surface area contributed by atoms with Gasteiger partial charge in [-0.2, -0.15) is 0 Å². The zero-order valence-electron chi connectivity index (χ0n) is 10.8. The molecule has 1 unspecified atom stereocenters. The van der Waals surface area contributed by atoms with Crippen LogP contribution < -0.4 is 5.73 Å². The first-order valence-corrected chi connectivity index (χ1v) is 6.28. The van der Waals surface area contributed by atoms with Gasteiger partial charge in [-0.3, -0.25) is 4.90 Å². The fraction of sp³-hybridized carbons (Fsp3) is 0.571. The molecule has 2 rings (SSSR count). The molecule has 0 saturated heterocycles. The van der Waals surface area contributed by atoms with Crippen molar-refractivity contribution in [1.82, 2.24) is 4.90 Å². The molecule has 0 bridgehead atoms. The number of aryl methyl sites for hydroxylation is 1. The minimum Gasteiger partial charge on any atom is -0.385 e. The van der Waals surface area contributed by atoms with Crippen LogP contribution in [-0.4, -0.2) is 31.7 Å². The van der Waals surface area contributed by atoms with Gasteiger partial charge in [0, 0.05) is 39.4 Å². The topological polar surface area (TPSA) is 38.5 Å². The summed E-state index contributed by atoms with van der Waals surface area (Å²) in [6, 6.07) is 7.10. The number of nitrogens with two attached hydrogens (primary N) is 1. The summed E-state index contributed by atoms with van der Waals surface area (Å²) in [5.74, 6) is 0. The highest BCUT2D eigenvalue weighted by Crippen LogP contribution is 2.33. The van der Waals surface area contributed by atoms with Gasteiger partial charge in [-0.1, -0.05) is 23.8 Å². The molecule has 17 heavy (non-hydrogen) atoms. The molecular formula is C14H22N2O. The molecule has 3 nitrogen and oxygen atoms in total. The van der Waals surface area contributed by atoms with Gasteiger partial charge in [-0.25, -0.2) is 0 Å². The van der Waals surface area contributed by atoms with E-state index in [-0.39, 0.29) is 0 Å². The van der Waals surface area contributed by atoms with E-state index in [1.807, 2.05) is 0 Å². The van der Waals surface area contributed by atoms with E-state index in [4.69, 9.17) is 10.5 Å². The number of hydrogen-bond donors (Lipinski definition) is 1. The minimum absolute atomic E-state index is 0.391. The lowest BCUT2D eigenvalue weighted by atomic mass is 10.0. The first-order chi connectivity index (χ1) is 8.26. The number of methoxy groups -OCH3 is 1. The molecule has 0 fully saturated rings. The first kappa shape index (κ1) is 12.6. The first-order valence-electron chi connectivity index (χ1n) is 6.28. The third kappa shape index (κ3) is 2.68. The van der Waals surface area contributed by atoms with Crippen molar-refractivity contribution in [3.63, 3.8) is 0 Å². The number of rotatable bonds is 5. The summed E-state index contributed by atoms with van der Waals surface area (Å²) in [5, 5.41) is 0. The average molecular weight is 234 g/mol. The number of nitrogens with zero attached hydrogens (tertiary/aromatic N) is 1. The Morgan fingerprint density at radius 2 is 2.29 bits per heavy atom. The van der Waals surface area contributed by atoms with E-state index in [0.29, 0.717) is 12.6 Å². The van der Waals surface area contributed by atoms with Crippen molar-refractivity contribution >= 4 is 0 Å². The van der Waals surface area contributed by atoms with E-state index >= 15 is 0 Å². The van der Waals surface area contributed by atoms with Gasteiger partial charge in [0.15, 0.2) is 0 Å². The molecule has 0 aliphatic carbocycles. The molecule has 1 atom stereocenters. The molecule has 1 aromatic rings. The molecule has 0 saturated carbocycles. The van der Waals surface area contributed by atoms with E-state index in [1.54, 1.807) is 7.11 Å². The molecule has 94 valence electrons. The predicted molar refractivity (Wildman–Crippen MR) is 69.9 cm³/mol. The zero-order chi connectivity index (χ0) is 12.3. The molecule has 1 aromatic carbocycles. The SMILES string of the molecule is COCCCN1Cc2ccc(C)cc2C1CN. The van der Waals surface area contributed by atoms with Crippen LogP contribution in [0.5, 0.6) is 0 Å². The fourth-order valence-electron chi connectivity index (χ4n) is 2.62. The van der Waals surface area contributed by atoms with E-state index in [1.165, 1.54) is 16.7 Å². The highest BCUT2D eigenvalue weighted by molar-refractivity contribution is 5.37. The highest BCUT2D eigenvalue weighted by Gasteiger charge is 2.28. The summed E-state index contributed by atoms with van der Waals surface area (Å²) < 4.78 is 5.11. The Hall–Kier alpha value is -0.900.